The van der Waals surface area contributed by atoms with Gasteiger partial charge in [0.2, 0.25) is 0 Å². The highest BCUT2D eigenvalue weighted by molar-refractivity contribution is 5.83. The van der Waals surface area contributed by atoms with E-state index in [0.29, 0.717) is 25.9 Å². The van der Waals surface area contributed by atoms with Crippen LogP contribution in [0.5, 0.6) is 0 Å². The molecule has 4 amide bonds. The third kappa shape index (κ3) is 14.5. The summed E-state index contributed by atoms with van der Waals surface area (Å²) in [6.45, 7) is 8.44. The standard InChI is InChI=1S/C20H38N4O6/c1-13(2)11-15(17(25)26)23-19(29)21-9-7-5-6-8-10-22-20(30)24-16(18(27)28)12-14(3)4/h13-16H,5-12H2,1-4H3,(H,25,26)(H,27,28)(H2,21,23,29)(H2,22,24,30). The largest absolute Gasteiger partial charge is 0.480 e. The van der Waals surface area contributed by atoms with Crippen molar-refractivity contribution in [1.82, 2.24) is 21.3 Å². The molecule has 0 aromatic heterocycles. The Kier molecular flexibility index (Phi) is 14.0. The topological polar surface area (TPSA) is 157 Å². The van der Waals surface area contributed by atoms with Gasteiger partial charge in [0.1, 0.15) is 12.1 Å². The lowest BCUT2D eigenvalue weighted by atomic mass is 10.0. The molecule has 0 heterocycles. The molecule has 0 saturated carbocycles. The molecule has 0 saturated heterocycles. The number of hydrogen-bond acceptors (Lipinski definition) is 4. The lowest BCUT2D eigenvalue weighted by Gasteiger charge is -2.17. The van der Waals surface area contributed by atoms with Gasteiger partial charge in [-0.25, -0.2) is 19.2 Å². The molecule has 0 bridgehead atoms. The maximum absolute atomic E-state index is 11.8. The van der Waals surface area contributed by atoms with Gasteiger partial charge in [-0.1, -0.05) is 40.5 Å². The Balaban J connectivity index is 3.84. The van der Waals surface area contributed by atoms with E-state index in [1.807, 2.05) is 27.7 Å². The summed E-state index contributed by atoms with van der Waals surface area (Å²) >= 11 is 0. The summed E-state index contributed by atoms with van der Waals surface area (Å²) in [4.78, 5) is 45.8. The zero-order chi connectivity index (χ0) is 23.1. The molecule has 30 heavy (non-hydrogen) atoms. The molecule has 10 heteroatoms. The third-order valence-electron chi connectivity index (χ3n) is 4.30. The second-order valence-electron chi connectivity index (χ2n) is 8.26. The van der Waals surface area contributed by atoms with E-state index in [1.165, 1.54) is 0 Å². The van der Waals surface area contributed by atoms with Crippen LogP contribution in [0.25, 0.3) is 0 Å². The average molecular weight is 431 g/mol. The van der Waals surface area contributed by atoms with Crippen molar-refractivity contribution >= 4 is 24.0 Å². The SMILES string of the molecule is CC(C)CC(NC(=O)NCCCCCCNC(=O)NC(CC(C)C)C(=O)O)C(=O)O. The van der Waals surface area contributed by atoms with E-state index in [1.54, 1.807) is 0 Å². The van der Waals surface area contributed by atoms with Gasteiger partial charge in [0.15, 0.2) is 0 Å². The van der Waals surface area contributed by atoms with Gasteiger partial charge < -0.3 is 31.5 Å². The maximum Gasteiger partial charge on any atom is 0.326 e. The van der Waals surface area contributed by atoms with Crippen LogP contribution >= 0.6 is 0 Å². The van der Waals surface area contributed by atoms with Crippen LogP contribution in [0.3, 0.4) is 0 Å². The molecule has 0 aliphatic carbocycles. The number of amides is 4. The first-order valence-electron chi connectivity index (χ1n) is 10.6. The predicted octanol–water partition coefficient (Wildman–Crippen LogP) is 2.14. The zero-order valence-corrected chi connectivity index (χ0v) is 18.5. The summed E-state index contributed by atoms with van der Waals surface area (Å²) in [7, 11) is 0. The maximum atomic E-state index is 11.8. The van der Waals surface area contributed by atoms with Gasteiger partial charge in [-0.15, -0.1) is 0 Å². The van der Waals surface area contributed by atoms with Crippen molar-refractivity contribution in [1.29, 1.82) is 0 Å². The van der Waals surface area contributed by atoms with Crippen molar-refractivity contribution in [2.24, 2.45) is 11.8 Å². The lowest BCUT2D eigenvalue weighted by molar-refractivity contribution is -0.140. The molecule has 2 atom stereocenters. The van der Waals surface area contributed by atoms with E-state index in [2.05, 4.69) is 21.3 Å². The Labute approximate surface area is 178 Å². The van der Waals surface area contributed by atoms with Crippen molar-refractivity contribution in [3.05, 3.63) is 0 Å². The minimum absolute atomic E-state index is 0.160. The quantitative estimate of drug-likeness (QED) is 0.219. The number of aliphatic carboxylic acids is 2. The lowest BCUT2D eigenvalue weighted by Crippen LogP contribution is -2.46. The number of urea groups is 2. The average Bonchev–Trinajstić information content (AvgIpc) is 2.61. The van der Waals surface area contributed by atoms with Crippen LogP contribution in [0.2, 0.25) is 0 Å². The molecule has 0 aromatic carbocycles. The monoisotopic (exact) mass is 430 g/mol. The summed E-state index contributed by atoms with van der Waals surface area (Å²) in [6, 6.07) is -2.78. The van der Waals surface area contributed by atoms with E-state index in [9.17, 15) is 19.2 Å². The van der Waals surface area contributed by atoms with Gasteiger partial charge in [0.05, 0.1) is 0 Å². The number of rotatable bonds is 15. The molecule has 6 N–H and O–H groups in total. The Morgan fingerprint density at radius 1 is 0.633 bits per heavy atom. The fourth-order valence-electron chi connectivity index (χ4n) is 2.81. The Morgan fingerprint density at radius 3 is 1.23 bits per heavy atom. The molecule has 0 aliphatic rings. The number of carbonyl (C=O) groups excluding carboxylic acids is 2. The Morgan fingerprint density at radius 2 is 0.967 bits per heavy atom. The van der Waals surface area contributed by atoms with Gasteiger partial charge in [0, 0.05) is 13.1 Å². The third-order valence-corrected chi connectivity index (χ3v) is 4.30. The number of nitrogens with one attached hydrogen (secondary N) is 4. The fraction of sp³-hybridized carbons (Fsp3) is 0.800. The van der Waals surface area contributed by atoms with E-state index >= 15 is 0 Å². The minimum Gasteiger partial charge on any atom is -0.480 e. The molecule has 0 fully saturated rings. The van der Waals surface area contributed by atoms with Crippen LogP contribution in [0.4, 0.5) is 9.59 Å². The summed E-state index contributed by atoms with van der Waals surface area (Å²) < 4.78 is 0. The predicted molar refractivity (Wildman–Crippen MR) is 113 cm³/mol. The number of carboxylic acids is 2. The molecule has 174 valence electrons. The highest BCUT2D eigenvalue weighted by Crippen LogP contribution is 2.06. The zero-order valence-electron chi connectivity index (χ0n) is 18.5. The Bertz CT molecular complexity index is 505. The first-order valence-corrected chi connectivity index (χ1v) is 10.6. The van der Waals surface area contributed by atoms with Crippen LogP contribution < -0.4 is 21.3 Å². The minimum atomic E-state index is -1.05. The second-order valence-corrected chi connectivity index (χ2v) is 8.26. The molecule has 10 nitrogen and oxygen atoms in total. The first-order chi connectivity index (χ1) is 14.0. The molecule has 2 unspecified atom stereocenters. The molecule has 0 radical (unpaired) electrons. The van der Waals surface area contributed by atoms with Crippen LogP contribution in [-0.4, -0.2) is 59.4 Å². The highest BCUT2D eigenvalue weighted by atomic mass is 16.4. The van der Waals surface area contributed by atoms with Crippen LogP contribution in [-0.2, 0) is 9.59 Å². The summed E-state index contributed by atoms with van der Waals surface area (Å²) in [5.74, 6) is -1.77. The van der Waals surface area contributed by atoms with E-state index in [4.69, 9.17) is 10.2 Å². The summed E-state index contributed by atoms with van der Waals surface area (Å²) in [6.07, 6.45) is 3.88. The van der Waals surface area contributed by atoms with E-state index < -0.39 is 36.1 Å². The number of carboxylic acid groups (broad SMARTS) is 2. The normalized spacial score (nSPS) is 12.9. The van der Waals surface area contributed by atoms with Gasteiger partial charge >= 0.3 is 24.0 Å². The van der Waals surface area contributed by atoms with Crippen molar-refractivity contribution in [3.8, 4) is 0 Å². The molecule has 0 rings (SSSR count). The van der Waals surface area contributed by atoms with E-state index in [-0.39, 0.29) is 11.8 Å². The summed E-state index contributed by atoms with van der Waals surface area (Å²) in [5, 5.41) is 28.4. The van der Waals surface area contributed by atoms with Gasteiger partial charge in [-0.2, -0.15) is 0 Å². The number of hydrogen-bond donors (Lipinski definition) is 6. The summed E-state index contributed by atoms with van der Waals surface area (Å²) in [5.41, 5.74) is 0. The molecule has 0 spiro atoms. The molecule has 0 aliphatic heterocycles. The smallest absolute Gasteiger partial charge is 0.326 e. The Hall–Kier alpha value is -2.52. The van der Waals surface area contributed by atoms with Crippen LogP contribution in [0, 0.1) is 11.8 Å². The number of carbonyl (C=O) groups is 4. The second kappa shape index (κ2) is 15.3. The molecular formula is C20H38N4O6. The van der Waals surface area contributed by atoms with Crippen molar-refractivity contribution in [2.75, 3.05) is 13.1 Å². The van der Waals surface area contributed by atoms with E-state index in [0.717, 1.165) is 25.7 Å². The molecular weight excluding hydrogens is 392 g/mol. The van der Waals surface area contributed by atoms with Crippen molar-refractivity contribution in [3.63, 3.8) is 0 Å². The van der Waals surface area contributed by atoms with Crippen LogP contribution in [0.1, 0.15) is 66.2 Å². The van der Waals surface area contributed by atoms with Crippen molar-refractivity contribution < 1.29 is 29.4 Å². The molecule has 0 aromatic rings. The van der Waals surface area contributed by atoms with Crippen molar-refractivity contribution in [2.45, 2.75) is 78.3 Å². The van der Waals surface area contributed by atoms with Gasteiger partial charge in [-0.05, 0) is 37.5 Å². The van der Waals surface area contributed by atoms with Gasteiger partial charge in [-0.3, -0.25) is 0 Å². The highest BCUT2D eigenvalue weighted by Gasteiger charge is 2.21. The first kappa shape index (κ1) is 27.5. The van der Waals surface area contributed by atoms with Crippen LogP contribution in [0.15, 0.2) is 0 Å². The van der Waals surface area contributed by atoms with Gasteiger partial charge in [0.25, 0.3) is 0 Å². The fourth-order valence-corrected chi connectivity index (χ4v) is 2.81. The number of unbranched alkanes of at least 4 members (excludes halogenated alkanes) is 3.